The van der Waals surface area contributed by atoms with Crippen molar-refractivity contribution in [2.24, 2.45) is 4.99 Å². The van der Waals surface area contributed by atoms with Crippen molar-refractivity contribution in [1.82, 2.24) is 9.47 Å². The predicted molar refractivity (Wildman–Crippen MR) is 98.8 cm³/mol. The zero-order chi connectivity index (χ0) is 22.4. The molecule has 4 rings (SSSR count). The van der Waals surface area contributed by atoms with Crippen LogP contribution in [0.5, 0.6) is 11.5 Å². The van der Waals surface area contributed by atoms with Crippen LogP contribution in [0, 0.1) is 6.92 Å². The van der Waals surface area contributed by atoms with Gasteiger partial charge in [0.1, 0.15) is 0 Å². The lowest BCUT2D eigenvalue weighted by atomic mass is 10.2. The van der Waals surface area contributed by atoms with Gasteiger partial charge in [-0.05, 0) is 19.1 Å². The summed E-state index contributed by atoms with van der Waals surface area (Å²) in [6.07, 6.45) is -8.53. The van der Waals surface area contributed by atoms with Gasteiger partial charge in [0, 0.05) is 24.2 Å². The third-order valence-corrected chi connectivity index (χ3v) is 5.32. The lowest BCUT2D eigenvalue weighted by molar-refractivity contribution is -0.391. The number of hydrogen-bond acceptors (Lipinski definition) is 6. The van der Waals surface area contributed by atoms with Crippen LogP contribution in [0.2, 0.25) is 0 Å². The standard InChI is InChI=1S/C18H17F4N3O5S/c1-10-8-25(16(31-10)23-15(26)24(2)9-14-27-5-6-28-14)11-3-4-12-13(7-11)30-18(21,22)17(19,20)29-12/h3-4,7-8,14H,5-6,9H2,1-2H3. The van der Waals surface area contributed by atoms with E-state index in [1.54, 1.807) is 13.1 Å². The summed E-state index contributed by atoms with van der Waals surface area (Å²) in [6, 6.07) is 2.98. The highest BCUT2D eigenvalue weighted by Gasteiger charge is 2.65. The molecule has 2 aromatic rings. The van der Waals surface area contributed by atoms with Crippen LogP contribution in [0.15, 0.2) is 29.4 Å². The zero-order valence-electron chi connectivity index (χ0n) is 16.3. The van der Waals surface area contributed by atoms with Crippen molar-refractivity contribution in [2.45, 2.75) is 25.4 Å². The number of rotatable bonds is 3. The molecule has 1 aromatic heterocycles. The van der Waals surface area contributed by atoms with Crippen LogP contribution >= 0.6 is 11.3 Å². The molecule has 0 N–H and O–H groups in total. The molecule has 0 radical (unpaired) electrons. The van der Waals surface area contributed by atoms with Crippen LogP contribution < -0.4 is 14.3 Å². The molecule has 2 aliphatic heterocycles. The van der Waals surface area contributed by atoms with Crippen LogP contribution in [-0.2, 0) is 9.47 Å². The van der Waals surface area contributed by atoms with Crippen molar-refractivity contribution in [1.29, 1.82) is 0 Å². The average Bonchev–Trinajstić information content (AvgIpc) is 3.31. The topological polar surface area (TPSA) is 74.5 Å². The van der Waals surface area contributed by atoms with E-state index in [1.165, 1.54) is 33.9 Å². The van der Waals surface area contributed by atoms with Crippen LogP contribution in [0.4, 0.5) is 22.4 Å². The number of thiazole rings is 1. The molecule has 0 aliphatic carbocycles. The first-order chi connectivity index (χ1) is 14.6. The molecule has 13 heteroatoms. The van der Waals surface area contributed by atoms with Crippen LogP contribution in [0.1, 0.15) is 4.88 Å². The molecule has 8 nitrogen and oxygen atoms in total. The number of amides is 2. The van der Waals surface area contributed by atoms with Gasteiger partial charge >= 0.3 is 18.2 Å². The van der Waals surface area contributed by atoms with Gasteiger partial charge in [0.2, 0.25) is 0 Å². The molecular formula is C18H17F4N3O5S. The summed E-state index contributed by atoms with van der Waals surface area (Å²) < 4.78 is 74.1. The number of alkyl halides is 4. The summed E-state index contributed by atoms with van der Waals surface area (Å²) in [6.45, 7) is 2.84. The number of urea groups is 1. The minimum atomic E-state index is -4.83. The molecule has 0 unspecified atom stereocenters. The first-order valence-corrected chi connectivity index (χ1v) is 9.87. The van der Waals surface area contributed by atoms with Crippen molar-refractivity contribution < 1.29 is 41.3 Å². The van der Waals surface area contributed by atoms with Crippen molar-refractivity contribution in [3.8, 4) is 17.2 Å². The lowest BCUT2D eigenvalue weighted by Gasteiger charge is -2.31. The van der Waals surface area contributed by atoms with Gasteiger partial charge in [0.25, 0.3) is 0 Å². The number of hydrogen-bond donors (Lipinski definition) is 0. The minimum Gasteiger partial charge on any atom is -0.421 e. The first-order valence-electron chi connectivity index (χ1n) is 9.06. The van der Waals surface area contributed by atoms with E-state index in [1.807, 2.05) is 0 Å². The SMILES string of the molecule is Cc1cn(-c2ccc3c(c2)OC(F)(F)C(F)(F)O3)c(=NC(=O)N(C)CC2OCCO2)s1. The van der Waals surface area contributed by atoms with Crippen molar-refractivity contribution in [3.05, 3.63) is 34.1 Å². The summed E-state index contributed by atoms with van der Waals surface area (Å²) >= 11 is 1.18. The van der Waals surface area contributed by atoms with Crippen LogP contribution in [0.25, 0.3) is 5.69 Å². The number of ether oxygens (including phenoxy) is 4. The Morgan fingerprint density at radius 3 is 2.52 bits per heavy atom. The van der Waals surface area contributed by atoms with Gasteiger partial charge in [0.05, 0.1) is 25.4 Å². The highest BCUT2D eigenvalue weighted by molar-refractivity contribution is 7.09. The Kier molecular flexibility index (Phi) is 5.43. The maximum atomic E-state index is 13.5. The Hall–Kier alpha value is -2.64. The number of likely N-dealkylation sites (N-methyl/N-ethyl adjacent to an activating group) is 1. The molecule has 0 atom stereocenters. The lowest BCUT2D eigenvalue weighted by Crippen LogP contribution is -2.52. The van der Waals surface area contributed by atoms with Crippen molar-refractivity contribution in [3.63, 3.8) is 0 Å². The second kappa shape index (κ2) is 7.80. The third kappa shape index (κ3) is 4.25. The molecular weight excluding hydrogens is 446 g/mol. The second-order valence-electron chi connectivity index (χ2n) is 6.81. The molecule has 2 aliphatic rings. The molecule has 2 amide bonds. The van der Waals surface area contributed by atoms with Crippen molar-refractivity contribution in [2.75, 3.05) is 26.8 Å². The first kappa shape index (κ1) is 21.6. The third-order valence-electron chi connectivity index (χ3n) is 4.42. The summed E-state index contributed by atoms with van der Waals surface area (Å²) in [4.78, 5) is 18.9. The van der Waals surface area contributed by atoms with E-state index in [2.05, 4.69) is 14.5 Å². The van der Waals surface area contributed by atoms with E-state index < -0.39 is 36.0 Å². The molecule has 31 heavy (non-hydrogen) atoms. The highest BCUT2D eigenvalue weighted by atomic mass is 32.1. The molecule has 0 spiro atoms. The normalized spacial score (nSPS) is 20.1. The number of carbonyl (C=O) groups is 1. The zero-order valence-corrected chi connectivity index (χ0v) is 17.1. The number of aromatic nitrogens is 1. The Morgan fingerprint density at radius 2 is 1.84 bits per heavy atom. The van der Waals surface area contributed by atoms with Gasteiger partial charge in [-0.2, -0.15) is 22.6 Å². The van der Waals surface area contributed by atoms with Gasteiger partial charge in [0.15, 0.2) is 22.6 Å². The Labute approximate surface area is 177 Å². The van der Waals surface area contributed by atoms with Gasteiger partial charge in [-0.25, -0.2) is 4.79 Å². The fraction of sp³-hybridized carbons (Fsp3) is 0.444. The molecule has 1 aromatic carbocycles. The van der Waals surface area contributed by atoms with Crippen LogP contribution in [-0.4, -0.2) is 60.8 Å². The van der Waals surface area contributed by atoms with Gasteiger partial charge < -0.3 is 23.8 Å². The monoisotopic (exact) mass is 463 g/mol. The predicted octanol–water partition coefficient (Wildman–Crippen LogP) is 3.13. The van der Waals surface area contributed by atoms with E-state index in [-0.39, 0.29) is 17.0 Å². The van der Waals surface area contributed by atoms with E-state index in [0.717, 1.165) is 17.0 Å². The Bertz CT molecular complexity index is 1060. The van der Waals surface area contributed by atoms with Gasteiger partial charge in [-0.1, -0.05) is 0 Å². The molecule has 1 saturated heterocycles. The molecule has 3 heterocycles. The smallest absolute Gasteiger partial charge is 0.421 e. The second-order valence-corrected chi connectivity index (χ2v) is 8.02. The quantitative estimate of drug-likeness (QED) is 0.654. The maximum Gasteiger partial charge on any atom is 0.507 e. The Balaban J connectivity index is 1.63. The van der Waals surface area contributed by atoms with E-state index >= 15 is 0 Å². The van der Waals surface area contributed by atoms with E-state index in [9.17, 15) is 22.4 Å². The largest absolute Gasteiger partial charge is 0.507 e. The number of halogens is 4. The van der Waals surface area contributed by atoms with E-state index in [0.29, 0.717) is 13.2 Å². The van der Waals surface area contributed by atoms with Gasteiger partial charge in [-0.3, -0.25) is 4.57 Å². The number of nitrogens with zero attached hydrogens (tertiary/aromatic N) is 3. The summed E-state index contributed by atoms with van der Waals surface area (Å²) in [5.41, 5.74) is 0.268. The van der Waals surface area contributed by atoms with Crippen LogP contribution in [0.3, 0.4) is 0 Å². The molecule has 0 saturated carbocycles. The summed E-state index contributed by atoms with van der Waals surface area (Å²) in [7, 11) is 1.54. The summed E-state index contributed by atoms with van der Waals surface area (Å²) in [5.74, 6) is -1.09. The number of benzene rings is 1. The minimum absolute atomic E-state index is 0.181. The average molecular weight is 463 g/mol. The molecule has 0 bridgehead atoms. The molecule has 168 valence electrons. The number of fused-ring (bicyclic) bond motifs is 1. The fourth-order valence-electron chi connectivity index (χ4n) is 2.91. The number of carbonyl (C=O) groups excluding carboxylic acids is 1. The fourth-order valence-corrected chi connectivity index (χ4v) is 3.73. The number of aryl methyl sites for hydroxylation is 1. The van der Waals surface area contributed by atoms with Crippen molar-refractivity contribution >= 4 is 17.4 Å². The maximum absolute atomic E-state index is 13.5. The van der Waals surface area contributed by atoms with Gasteiger partial charge in [-0.15, -0.1) is 11.3 Å². The molecule has 1 fully saturated rings. The Morgan fingerprint density at radius 1 is 1.19 bits per heavy atom. The summed E-state index contributed by atoms with van der Waals surface area (Å²) in [5, 5.41) is 0. The van der Waals surface area contributed by atoms with E-state index in [4.69, 9.17) is 9.47 Å². The highest BCUT2D eigenvalue weighted by Crippen LogP contribution is 2.47.